The van der Waals surface area contributed by atoms with Crippen LogP contribution in [0.5, 0.6) is 11.5 Å². The van der Waals surface area contributed by atoms with Crippen molar-refractivity contribution in [3.63, 3.8) is 0 Å². The van der Waals surface area contributed by atoms with E-state index in [9.17, 15) is 0 Å². The van der Waals surface area contributed by atoms with E-state index in [0.29, 0.717) is 4.83 Å². The van der Waals surface area contributed by atoms with E-state index in [4.69, 9.17) is 9.47 Å². The molecular formula is C14H16Br2O2. The molecule has 0 N–H and O–H groups in total. The maximum absolute atomic E-state index is 5.93. The smallest absolute Gasteiger partial charge is 0.165 e. The Kier molecular flexibility index (Phi) is 3.14. The van der Waals surface area contributed by atoms with Gasteiger partial charge < -0.3 is 9.47 Å². The van der Waals surface area contributed by atoms with E-state index in [-0.39, 0.29) is 5.41 Å². The van der Waals surface area contributed by atoms with Gasteiger partial charge in [-0.25, -0.2) is 0 Å². The molecule has 3 rings (SSSR count). The highest BCUT2D eigenvalue weighted by Crippen LogP contribution is 2.57. The van der Waals surface area contributed by atoms with E-state index in [1.165, 1.54) is 11.1 Å². The Bertz CT molecular complexity index is 497. The summed E-state index contributed by atoms with van der Waals surface area (Å²) in [6.07, 6.45) is 2.03. The minimum Gasteiger partial charge on any atom is -0.490 e. The van der Waals surface area contributed by atoms with Crippen LogP contribution < -0.4 is 9.47 Å². The van der Waals surface area contributed by atoms with Gasteiger partial charge in [-0.3, -0.25) is 0 Å². The van der Waals surface area contributed by atoms with Gasteiger partial charge in [-0.05, 0) is 23.5 Å². The fourth-order valence-corrected chi connectivity index (χ4v) is 5.14. The predicted octanol–water partition coefficient (Wildman–Crippen LogP) is 4.73. The molecule has 1 heterocycles. The van der Waals surface area contributed by atoms with E-state index in [0.717, 1.165) is 42.0 Å². The molecule has 4 heteroatoms. The van der Waals surface area contributed by atoms with Gasteiger partial charge in [-0.15, -0.1) is 0 Å². The summed E-state index contributed by atoms with van der Waals surface area (Å²) in [6.45, 7) is 6.03. The van der Waals surface area contributed by atoms with Crippen LogP contribution in [-0.4, -0.2) is 13.2 Å². The normalized spacial score (nSPS) is 24.6. The zero-order valence-corrected chi connectivity index (χ0v) is 13.7. The maximum Gasteiger partial charge on any atom is 0.165 e. The molecule has 0 spiro atoms. The number of alkyl halides is 1. The number of benzene rings is 1. The summed E-state index contributed by atoms with van der Waals surface area (Å²) in [6, 6.07) is 2.06. The molecule has 0 amide bonds. The van der Waals surface area contributed by atoms with Crippen molar-refractivity contribution in [1.82, 2.24) is 0 Å². The quantitative estimate of drug-likeness (QED) is 0.610. The van der Waals surface area contributed by atoms with E-state index in [2.05, 4.69) is 51.8 Å². The van der Waals surface area contributed by atoms with Gasteiger partial charge in [-0.1, -0.05) is 45.7 Å². The summed E-state index contributed by atoms with van der Waals surface area (Å²) in [5.41, 5.74) is 2.78. The lowest BCUT2D eigenvalue weighted by Gasteiger charge is -2.21. The van der Waals surface area contributed by atoms with Crippen LogP contribution in [0.25, 0.3) is 0 Å². The van der Waals surface area contributed by atoms with Crippen molar-refractivity contribution >= 4 is 31.9 Å². The van der Waals surface area contributed by atoms with Crippen molar-refractivity contribution < 1.29 is 9.47 Å². The van der Waals surface area contributed by atoms with Gasteiger partial charge in [0, 0.05) is 21.3 Å². The molecule has 98 valence electrons. The monoisotopic (exact) mass is 374 g/mol. The zero-order chi connectivity index (χ0) is 12.9. The molecule has 1 aliphatic carbocycles. The second kappa shape index (κ2) is 4.41. The molecule has 1 aliphatic heterocycles. The van der Waals surface area contributed by atoms with Crippen LogP contribution >= 0.6 is 31.9 Å². The topological polar surface area (TPSA) is 18.5 Å². The van der Waals surface area contributed by atoms with Gasteiger partial charge in [0.2, 0.25) is 0 Å². The molecule has 0 fully saturated rings. The molecular weight excluding hydrogens is 360 g/mol. The molecule has 1 aromatic carbocycles. The van der Waals surface area contributed by atoms with Crippen molar-refractivity contribution in [1.29, 1.82) is 0 Å². The highest BCUT2D eigenvalue weighted by atomic mass is 79.9. The predicted molar refractivity (Wildman–Crippen MR) is 79.1 cm³/mol. The average Bonchev–Trinajstić information content (AvgIpc) is 2.46. The first-order valence-corrected chi connectivity index (χ1v) is 7.98. The maximum atomic E-state index is 5.93. The molecule has 0 saturated carbocycles. The van der Waals surface area contributed by atoms with Crippen LogP contribution in [0.3, 0.4) is 0 Å². The Morgan fingerprint density at radius 1 is 1.28 bits per heavy atom. The third kappa shape index (κ3) is 1.88. The lowest BCUT2D eigenvalue weighted by Crippen LogP contribution is -2.13. The Hall–Kier alpha value is -0.220. The van der Waals surface area contributed by atoms with Gasteiger partial charge in [-0.2, -0.15) is 0 Å². The van der Waals surface area contributed by atoms with E-state index < -0.39 is 0 Å². The van der Waals surface area contributed by atoms with Crippen LogP contribution in [0, 0.1) is 0 Å². The fourth-order valence-electron chi connectivity index (χ4n) is 2.94. The summed E-state index contributed by atoms with van der Waals surface area (Å²) < 4.78 is 12.9. The molecule has 1 unspecified atom stereocenters. The molecule has 2 aliphatic rings. The Balaban J connectivity index is 2.25. The molecule has 0 bridgehead atoms. The van der Waals surface area contributed by atoms with Crippen LogP contribution in [0.4, 0.5) is 0 Å². The van der Waals surface area contributed by atoms with Crippen molar-refractivity contribution in [2.75, 3.05) is 13.2 Å². The summed E-state index contributed by atoms with van der Waals surface area (Å²) in [5.74, 6) is 1.82. The SMILES string of the molecule is CC1(C)CC(Br)c2c3c(cc(Br)c21)OCCCO3. The molecule has 1 aromatic rings. The molecule has 0 aromatic heterocycles. The fraction of sp³-hybridized carbons (Fsp3) is 0.571. The lowest BCUT2D eigenvalue weighted by atomic mass is 9.86. The minimum absolute atomic E-state index is 0.160. The Morgan fingerprint density at radius 3 is 2.78 bits per heavy atom. The van der Waals surface area contributed by atoms with Crippen LogP contribution in [0.1, 0.15) is 42.6 Å². The van der Waals surface area contributed by atoms with Crippen LogP contribution in [0.15, 0.2) is 10.5 Å². The summed E-state index contributed by atoms with van der Waals surface area (Å²) in [5, 5.41) is 0. The number of halogens is 2. The van der Waals surface area contributed by atoms with Crippen molar-refractivity contribution in [3.8, 4) is 11.5 Å². The third-order valence-electron chi connectivity index (χ3n) is 3.71. The van der Waals surface area contributed by atoms with Crippen molar-refractivity contribution in [2.45, 2.75) is 36.9 Å². The first kappa shape index (κ1) is 12.8. The van der Waals surface area contributed by atoms with Gasteiger partial charge in [0.05, 0.1) is 13.2 Å². The van der Waals surface area contributed by atoms with Crippen LogP contribution in [-0.2, 0) is 5.41 Å². The minimum atomic E-state index is 0.160. The number of hydrogen-bond donors (Lipinski definition) is 0. The van der Waals surface area contributed by atoms with Gasteiger partial charge in [0.15, 0.2) is 11.5 Å². The summed E-state index contributed by atoms with van der Waals surface area (Å²) >= 11 is 7.49. The highest BCUT2D eigenvalue weighted by molar-refractivity contribution is 9.10. The van der Waals surface area contributed by atoms with Gasteiger partial charge in [0.1, 0.15) is 0 Å². The first-order valence-electron chi connectivity index (χ1n) is 6.27. The van der Waals surface area contributed by atoms with E-state index >= 15 is 0 Å². The standard InChI is InChI=1S/C14H16Br2O2/c1-14(2)7-9(16)11-12(14)8(15)6-10-13(11)18-5-3-4-17-10/h6,9H,3-5,7H2,1-2H3. The molecule has 18 heavy (non-hydrogen) atoms. The first-order chi connectivity index (χ1) is 8.50. The van der Waals surface area contributed by atoms with Gasteiger partial charge in [0.25, 0.3) is 0 Å². The molecule has 0 saturated heterocycles. The number of ether oxygens (including phenoxy) is 2. The molecule has 1 atom stereocenters. The Morgan fingerprint density at radius 2 is 2.00 bits per heavy atom. The largest absolute Gasteiger partial charge is 0.490 e. The van der Waals surface area contributed by atoms with Crippen LogP contribution in [0.2, 0.25) is 0 Å². The second-order valence-corrected chi connectivity index (χ2v) is 7.54. The zero-order valence-electron chi connectivity index (χ0n) is 10.6. The lowest BCUT2D eigenvalue weighted by molar-refractivity contribution is 0.296. The van der Waals surface area contributed by atoms with E-state index in [1.807, 2.05) is 0 Å². The second-order valence-electron chi connectivity index (χ2n) is 5.58. The van der Waals surface area contributed by atoms with Gasteiger partial charge >= 0.3 is 0 Å². The third-order valence-corrected chi connectivity index (χ3v) is 5.11. The van der Waals surface area contributed by atoms with Crippen molar-refractivity contribution in [3.05, 3.63) is 21.7 Å². The Labute approximate surface area is 124 Å². The van der Waals surface area contributed by atoms with Crippen molar-refractivity contribution in [2.24, 2.45) is 0 Å². The molecule has 0 radical (unpaired) electrons. The number of fused-ring (bicyclic) bond motifs is 3. The number of hydrogen-bond acceptors (Lipinski definition) is 2. The highest BCUT2D eigenvalue weighted by Gasteiger charge is 2.41. The van der Waals surface area contributed by atoms with E-state index in [1.54, 1.807) is 0 Å². The summed E-state index contributed by atoms with van der Waals surface area (Å²) in [7, 11) is 0. The number of rotatable bonds is 0. The summed E-state index contributed by atoms with van der Waals surface area (Å²) in [4.78, 5) is 0.343. The average molecular weight is 376 g/mol. The molecule has 2 nitrogen and oxygen atoms in total.